The SMILES string of the molecule is Cn1ccc(C(=O)N2CCN(c3cccc(C(F)(F)F)c3)CC2)cc1=O. The Morgan fingerprint density at radius 1 is 1.04 bits per heavy atom. The number of rotatable bonds is 2. The summed E-state index contributed by atoms with van der Waals surface area (Å²) >= 11 is 0. The average molecular weight is 365 g/mol. The van der Waals surface area contributed by atoms with Crippen molar-refractivity contribution in [1.29, 1.82) is 0 Å². The maximum Gasteiger partial charge on any atom is 0.416 e. The third-order valence-corrected chi connectivity index (χ3v) is 4.46. The molecule has 0 radical (unpaired) electrons. The second-order valence-electron chi connectivity index (χ2n) is 6.19. The number of carbonyl (C=O) groups excluding carboxylic acids is 1. The molecule has 138 valence electrons. The normalized spacial score (nSPS) is 15.2. The topological polar surface area (TPSA) is 45.6 Å². The van der Waals surface area contributed by atoms with Gasteiger partial charge in [-0.3, -0.25) is 9.59 Å². The van der Waals surface area contributed by atoms with Gasteiger partial charge in [0.05, 0.1) is 5.56 Å². The third-order valence-electron chi connectivity index (χ3n) is 4.46. The van der Waals surface area contributed by atoms with Crippen LogP contribution in [0.15, 0.2) is 47.4 Å². The van der Waals surface area contributed by atoms with E-state index in [2.05, 4.69) is 0 Å². The molecule has 0 N–H and O–H groups in total. The van der Waals surface area contributed by atoms with Crippen LogP contribution in [0.25, 0.3) is 0 Å². The van der Waals surface area contributed by atoms with E-state index in [0.29, 0.717) is 37.4 Å². The maximum atomic E-state index is 12.9. The molecule has 0 bridgehead atoms. The lowest BCUT2D eigenvalue weighted by Crippen LogP contribution is -2.49. The molecule has 3 rings (SSSR count). The summed E-state index contributed by atoms with van der Waals surface area (Å²) in [5, 5.41) is 0. The van der Waals surface area contributed by atoms with Crippen molar-refractivity contribution in [3.05, 3.63) is 64.1 Å². The standard InChI is InChI=1S/C18H18F3N3O2/c1-22-6-5-13(11-16(22)25)17(26)24-9-7-23(8-10-24)15-4-2-3-14(12-15)18(19,20)21/h2-6,11-12H,7-10H2,1H3. The fraction of sp³-hybridized carbons (Fsp3) is 0.333. The zero-order valence-corrected chi connectivity index (χ0v) is 14.2. The van der Waals surface area contributed by atoms with Crippen molar-refractivity contribution in [3.8, 4) is 0 Å². The third kappa shape index (κ3) is 3.74. The Bertz CT molecular complexity index is 868. The molecule has 1 aromatic carbocycles. The molecule has 0 spiro atoms. The lowest BCUT2D eigenvalue weighted by Gasteiger charge is -2.36. The molecule has 26 heavy (non-hydrogen) atoms. The lowest BCUT2D eigenvalue weighted by atomic mass is 10.1. The van der Waals surface area contributed by atoms with Crippen LogP contribution in [0, 0.1) is 0 Å². The Morgan fingerprint density at radius 2 is 1.73 bits per heavy atom. The van der Waals surface area contributed by atoms with Crippen molar-refractivity contribution in [3.63, 3.8) is 0 Å². The largest absolute Gasteiger partial charge is 0.416 e. The van der Waals surface area contributed by atoms with Crippen LogP contribution >= 0.6 is 0 Å². The number of hydrogen-bond donors (Lipinski definition) is 0. The van der Waals surface area contributed by atoms with E-state index in [1.165, 1.54) is 22.9 Å². The summed E-state index contributed by atoms with van der Waals surface area (Å²) in [5.74, 6) is -0.244. The number of nitrogens with zero attached hydrogens (tertiary/aromatic N) is 3. The van der Waals surface area contributed by atoms with Gasteiger partial charge < -0.3 is 14.4 Å². The Hall–Kier alpha value is -2.77. The van der Waals surface area contributed by atoms with Crippen LogP contribution in [0.3, 0.4) is 0 Å². The van der Waals surface area contributed by atoms with Crippen LogP contribution in [-0.2, 0) is 13.2 Å². The molecule has 5 nitrogen and oxygen atoms in total. The zero-order valence-electron chi connectivity index (χ0n) is 14.2. The number of anilines is 1. The number of benzene rings is 1. The van der Waals surface area contributed by atoms with Gasteiger partial charge in [-0.25, -0.2) is 0 Å². The molecule has 1 aliphatic heterocycles. The summed E-state index contributed by atoms with van der Waals surface area (Å²) in [6, 6.07) is 8.06. The summed E-state index contributed by atoms with van der Waals surface area (Å²) in [7, 11) is 1.60. The summed E-state index contributed by atoms with van der Waals surface area (Å²) in [4.78, 5) is 27.6. The van der Waals surface area contributed by atoms with Crippen LogP contribution in [0.4, 0.5) is 18.9 Å². The second-order valence-corrected chi connectivity index (χ2v) is 6.19. The molecule has 2 aromatic rings. The monoisotopic (exact) mass is 365 g/mol. The summed E-state index contributed by atoms with van der Waals surface area (Å²) in [6.45, 7) is 1.62. The van der Waals surface area contributed by atoms with Crippen molar-refractivity contribution < 1.29 is 18.0 Å². The highest BCUT2D eigenvalue weighted by molar-refractivity contribution is 5.94. The maximum absolute atomic E-state index is 12.9. The highest BCUT2D eigenvalue weighted by atomic mass is 19.4. The number of pyridine rings is 1. The number of alkyl halides is 3. The van der Waals surface area contributed by atoms with Gasteiger partial charge in [-0.2, -0.15) is 13.2 Å². The van der Waals surface area contributed by atoms with Crippen molar-refractivity contribution >= 4 is 11.6 Å². The molecule has 0 aliphatic carbocycles. The number of hydrogen-bond acceptors (Lipinski definition) is 3. The Morgan fingerprint density at radius 3 is 2.35 bits per heavy atom. The predicted molar refractivity (Wildman–Crippen MR) is 91.2 cm³/mol. The molecule has 0 unspecified atom stereocenters. The number of aryl methyl sites for hydroxylation is 1. The van der Waals surface area contributed by atoms with Gasteiger partial charge in [-0.05, 0) is 24.3 Å². The fourth-order valence-corrected chi connectivity index (χ4v) is 2.91. The first-order chi connectivity index (χ1) is 12.3. The van der Waals surface area contributed by atoms with Gasteiger partial charge in [0.2, 0.25) is 0 Å². The molecule has 2 heterocycles. The molecular weight excluding hydrogens is 347 g/mol. The molecule has 1 aliphatic rings. The van der Waals surface area contributed by atoms with Gasteiger partial charge in [-0.1, -0.05) is 6.07 Å². The molecule has 0 saturated carbocycles. The van der Waals surface area contributed by atoms with Crippen molar-refractivity contribution in [1.82, 2.24) is 9.47 Å². The number of carbonyl (C=O) groups is 1. The van der Waals surface area contributed by atoms with E-state index in [4.69, 9.17) is 0 Å². The number of halogens is 3. The minimum Gasteiger partial charge on any atom is -0.368 e. The van der Waals surface area contributed by atoms with Gasteiger partial charge in [0, 0.05) is 56.7 Å². The Labute approximate surface area is 148 Å². The van der Waals surface area contributed by atoms with Crippen LogP contribution in [-0.4, -0.2) is 41.6 Å². The van der Waals surface area contributed by atoms with E-state index in [1.807, 2.05) is 4.90 Å². The average Bonchev–Trinajstić information content (AvgIpc) is 2.63. The lowest BCUT2D eigenvalue weighted by molar-refractivity contribution is -0.137. The van der Waals surface area contributed by atoms with Crippen molar-refractivity contribution in [2.75, 3.05) is 31.1 Å². The number of amides is 1. The Balaban J connectivity index is 1.68. The van der Waals surface area contributed by atoms with E-state index in [9.17, 15) is 22.8 Å². The highest BCUT2D eigenvalue weighted by Gasteiger charge is 2.31. The second kappa shape index (κ2) is 6.86. The van der Waals surface area contributed by atoms with Gasteiger partial charge in [-0.15, -0.1) is 0 Å². The first-order valence-corrected chi connectivity index (χ1v) is 8.14. The number of piperazine rings is 1. The molecule has 1 saturated heterocycles. The molecule has 1 amide bonds. The fourth-order valence-electron chi connectivity index (χ4n) is 2.91. The molecule has 1 fully saturated rings. The predicted octanol–water partition coefficient (Wildman–Crippen LogP) is 2.37. The first kappa shape index (κ1) is 18.0. The minimum absolute atomic E-state index is 0.244. The molecule has 0 atom stereocenters. The van der Waals surface area contributed by atoms with E-state index in [0.717, 1.165) is 12.1 Å². The van der Waals surface area contributed by atoms with Crippen LogP contribution in [0.2, 0.25) is 0 Å². The first-order valence-electron chi connectivity index (χ1n) is 8.14. The summed E-state index contributed by atoms with van der Waals surface area (Å²) in [6.07, 6.45) is -2.85. The zero-order chi connectivity index (χ0) is 18.9. The molecular formula is C18H18F3N3O2. The van der Waals surface area contributed by atoms with Gasteiger partial charge in [0.1, 0.15) is 0 Å². The number of aromatic nitrogens is 1. The van der Waals surface area contributed by atoms with Crippen LogP contribution in [0.1, 0.15) is 15.9 Å². The van der Waals surface area contributed by atoms with Crippen molar-refractivity contribution in [2.45, 2.75) is 6.18 Å². The van der Waals surface area contributed by atoms with E-state index >= 15 is 0 Å². The summed E-state index contributed by atoms with van der Waals surface area (Å²) < 4.78 is 39.9. The Kier molecular flexibility index (Phi) is 4.76. The van der Waals surface area contributed by atoms with E-state index in [1.54, 1.807) is 24.1 Å². The molecule has 8 heteroatoms. The van der Waals surface area contributed by atoms with Gasteiger partial charge in [0.25, 0.3) is 11.5 Å². The van der Waals surface area contributed by atoms with Gasteiger partial charge in [0.15, 0.2) is 0 Å². The highest BCUT2D eigenvalue weighted by Crippen LogP contribution is 2.31. The van der Waals surface area contributed by atoms with Crippen LogP contribution in [0.5, 0.6) is 0 Å². The van der Waals surface area contributed by atoms with E-state index in [-0.39, 0.29) is 11.5 Å². The summed E-state index contributed by atoms with van der Waals surface area (Å²) in [5.41, 5.74) is -0.145. The van der Waals surface area contributed by atoms with Crippen LogP contribution < -0.4 is 10.5 Å². The van der Waals surface area contributed by atoms with Crippen molar-refractivity contribution in [2.24, 2.45) is 7.05 Å². The smallest absolute Gasteiger partial charge is 0.368 e. The van der Waals surface area contributed by atoms with Gasteiger partial charge >= 0.3 is 6.18 Å². The quantitative estimate of drug-likeness (QED) is 0.821. The van der Waals surface area contributed by atoms with E-state index < -0.39 is 11.7 Å². The molecule has 1 aromatic heterocycles. The minimum atomic E-state index is -4.38.